The van der Waals surface area contributed by atoms with E-state index in [0.717, 1.165) is 22.4 Å². The molecule has 0 spiro atoms. The van der Waals surface area contributed by atoms with Gasteiger partial charge >= 0.3 is 0 Å². The van der Waals surface area contributed by atoms with Crippen molar-refractivity contribution in [3.8, 4) is 16.9 Å². The summed E-state index contributed by atoms with van der Waals surface area (Å²) in [5.74, 6) is 0.740. The standard InChI is InChI=1S/C13H10O2/c14-13-11-7-2-1-5-9(11)10-6-3-4-8-12(10)15-13/h1-8,13-14H. The Bertz CT molecular complexity index is 505. The first-order valence-corrected chi connectivity index (χ1v) is 4.89. The Morgan fingerprint density at radius 2 is 1.53 bits per heavy atom. The molecule has 2 aromatic rings. The van der Waals surface area contributed by atoms with Crippen molar-refractivity contribution in [2.75, 3.05) is 0 Å². The summed E-state index contributed by atoms with van der Waals surface area (Å²) in [4.78, 5) is 0. The van der Waals surface area contributed by atoms with Gasteiger partial charge in [-0.1, -0.05) is 42.5 Å². The van der Waals surface area contributed by atoms with Gasteiger partial charge in [0, 0.05) is 11.1 Å². The Kier molecular flexibility index (Phi) is 1.76. The maximum absolute atomic E-state index is 9.79. The van der Waals surface area contributed by atoms with Crippen LogP contribution < -0.4 is 4.74 Å². The van der Waals surface area contributed by atoms with Crippen LogP contribution in [-0.2, 0) is 0 Å². The monoisotopic (exact) mass is 198 g/mol. The maximum Gasteiger partial charge on any atom is 0.224 e. The predicted octanol–water partition coefficient (Wildman–Crippen LogP) is 2.74. The van der Waals surface area contributed by atoms with Crippen LogP contribution in [0.5, 0.6) is 5.75 Å². The number of para-hydroxylation sites is 1. The minimum absolute atomic E-state index is 0.740. The molecule has 0 saturated heterocycles. The van der Waals surface area contributed by atoms with Gasteiger partial charge in [0.05, 0.1) is 0 Å². The van der Waals surface area contributed by atoms with E-state index in [1.54, 1.807) is 0 Å². The van der Waals surface area contributed by atoms with E-state index < -0.39 is 6.29 Å². The molecule has 0 bridgehead atoms. The van der Waals surface area contributed by atoms with Crippen molar-refractivity contribution < 1.29 is 9.84 Å². The van der Waals surface area contributed by atoms with Crippen LogP contribution in [0.2, 0.25) is 0 Å². The molecule has 1 unspecified atom stereocenters. The van der Waals surface area contributed by atoms with Crippen LogP contribution >= 0.6 is 0 Å². The van der Waals surface area contributed by atoms with E-state index >= 15 is 0 Å². The molecule has 0 aliphatic carbocycles. The van der Waals surface area contributed by atoms with Crippen molar-refractivity contribution in [2.45, 2.75) is 6.29 Å². The van der Waals surface area contributed by atoms with Gasteiger partial charge in [0.15, 0.2) is 0 Å². The lowest BCUT2D eigenvalue weighted by Crippen LogP contribution is -2.12. The molecular formula is C13H10O2. The molecule has 1 atom stereocenters. The average Bonchev–Trinajstić information content (AvgIpc) is 2.30. The third-order valence-corrected chi connectivity index (χ3v) is 2.64. The zero-order chi connectivity index (χ0) is 10.3. The Labute approximate surface area is 87.8 Å². The van der Waals surface area contributed by atoms with Crippen LogP contribution in [0.3, 0.4) is 0 Å². The van der Waals surface area contributed by atoms with Gasteiger partial charge in [0.25, 0.3) is 0 Å². The highest BCUT2D eigenvalue weighted by Gasteiger charge is 2.22. The maximum atomic E-state index is 9.79. The van der Waals surface area contributed by atoms with Crippen molar-refractivity contribution in [3.05, 3.63) is 54.1 Å². The van der Waals surface area contributed by atoms with Crippen LogP contribution in [0, 0.1) is 0 Å². The second kappa shape index (κ2) is 3.11. The molecule has 2 heteroatoms. The number of rotatable bonds is 0. The van der Waals surface area contributed by atoms with Crippen LogP contribution in [0.4, 0.5) is 0 Å². The average molecular weight is 198 g/mol. The molecule has 1 heterocycles. The lowest BCUT2D eigenvalue weighted by molar-refractivity contribution is -0.0213. The summed E-state index contributed by atoms with van der Waals surface area (Å²) in [6.45, 7) is 0. The zero-order valence-electron chi connectivity index (χ0n) is 8.05. The number of fused-ring (bicyclic) bond motifs is 3. The summed E-state index contributed by atoms with van der Waals surface area (Å²) in [6.07, 6.45) is -0.851. The molecule has 0 radical (unpaired) electrons. The molecular weight excluding hydrogens is 188 g/mol. The van der Waals surface area contributed by atoms with Crippen molar-refractivity contribution in [3.63, 3.8) is 0 Å². The molecule has 0 saturated carbocycles. The Morgan fingerprint density at radius 1 is 0.867 bits per heavy atom. The highest BCUT2D eigenvalue weighted by Crippen LogP contribution is 2.40. The largest absolute Gasteiger partial charge is 0.460 e. The number of aliphatic hydroxyl groups is 1. The second-order valence-electron chi connectivity index (χ2n) is 3.55. The molecule has 3 rings (SSSR count). The highest BCUT2D eigenvalue weighted by molar-refractivity contribution is 5.75. The van der Waals surface area contributed by atoms with E-state index in [1.165, 1.54) is 0 Å². The first-order valence-electron chi connectivity index (χ1n) is 4.89. The quantitative estimate of drug-likeness (QED) is 0.705. The fourth-order valence-corrected chi connectivity index (χ4v) is 1.93. The van der Waals surface area contributed by atoms with Gasteiger partial charge in [-0.2, -0.15) is 0 Å². The molecule has 15 heavy (non-hydrogen) atoms. The summed E-state index contributed by atoms with van der Waals surface area (Å²) in [5, 5.41) is 9.79. The summed E-state index contributed by atoms with van der Waals surface area (Å²) < 4.78 is 5.41. The molecule has 2 aromatic carbocycles. The van der Waals surface area contributed by atoms with Crippen molar-refractivity contribution in [1.82, 2.24) is 0 Å². The van der Waals surface area contributed by atoms with Crippen LogP contribution in [-0.4, -0.2) is 5.11 Å². The predicted molar refractivity (Wildman–Crippen MR) is 57.5 cm³/mol. The third kappa shape index (κ3) is 1.22. The van der Waals surface area contributed by atoms with Crippen molar-refractivity contribution >= 4 is 0 Å². The van der Waals surface area contributed by atoms with E-state index in [9.17, 15) is 5.11 Å². The number of aliphatic hydroxyl groups excluding tert-OH is 1. The number of hydrogen-bond acceptors (Lipinski definition) is 2. The van der Waals surface area contributed by atoms with Gasteiger partial charge in [0.1, 0.15) is 5.75 Å². The number of benzene rings is 2. The number of hydrogen-bond donors (Lipinski definition) is 1. The van der Waals surface area contributed by atoms with Gasteiger partial charge in [-0.25, -0.2) is 0 Å². The second-order valence-corrected chi connectivity index (χ2v) is 3.55. The van der Waals surface area contributed by atoms with E-state index in [4.69, 9.17) is 4.74 Å². The Balaban J connectivity index is 2.30. The topological polar surface area (TPSA) is 29.5 Å². The van der Waals surface area contributed by atoms with Gasteiger partial charge in [-0.05, 0) is 11.6 Å². The van der Waals surface area contributed by atoms with Crippen molar-refractivity contribution in [1.29, 1.82) is 0 Å². The Hall–Kier alpha value is -1.80. The lowest BCUT2D eigenvalue weighted by Gasteiger charge is -2.24. The number of ether oxygens (including phenoxy) is 1. The summed E-state index contributed by atoms with van der Waals surface area (Å²) >= 11 is 0. The smallest absolute Gasteiger partial charge is 0.224 e. The Morgan fingerprint density at radius 3 is 2.40 bits per heavy atom. The van der Waals surface area contributed by atoms with Gasteiger partial charge in [-0.3, -0.25) is 0 Å². The fourth-order valence-electron chi connectivity index (χ4n) is 1.93. The molecule has 74 valence electrons. The lowest BCUT2D eigenvalue weighted by atomic mass is 9.96. The summed E-state index contributed by atoms with van der Waals surface area (Å²) in [6, 6.07) is 15.5. The van der Waals surface area contributed by atoms with Crippen LogP contribution in [0.1, 0.15) is 11.9 Å². The van der Waals surface area contributed by atoms with Gasteiger partial charge in [0.2, 0.25) is 6.29 Å². The highest BCUT2D eigenvalue weighted by atomic mass is 16.6. The van der Waals surface area contributed by atoms with Crippen LogP contribution in [0.15, 0.2) is 48.5 Å². The minimum atomic E-state index is -0.851. The molecule has 1 aliphatic heterocycles. The first kappa shape index (κ1) is 8.50. The minimum Gasteiger partial charge on any atom is -0.460 e. The normalized spacial score (nSPS) is 17.5. The third-order valence-electron chi connectivity index (χ3n) is 2.64. The van der Waals surface area contributed by atoms with Crippen molar-refractivity contribution in [2.24, 2.45) is 0 Å². The van der Waals surface area contributed by atoms with E-state index in [-0.39, 0.29) is 0 Å². The molecule has 0 aromatic heterocycles. The van der Waals surface area contributed by atoms with Gasteiger partial charge < -0.3 is 9.84 Å². The van der Waals surface area contributed by atoms with Gasteiger partial charge in [-0.15, -0.1) is 0 Å². The first-order chi connectivity index (χ1) is 7.36. The van der Waals surface area contributed by atoms with E-state index in [2.05, 4.69) is 0 Å². The molecule has 0 fully saturated rings. The summed E-state index contributed by atoms with van der Waals surface area (Å²) in [7, 11) is 0. The fraction of sp³-hybridized carbons (Fsp3) is 0.0769. The molecule has 1 N–H and O–H groups in total. The molecule has 1 aliphatic rings. The molecule has 2 nitrogen and oxygen atoms in total. The van der Waals surface area contributed by atoms with E-state index in [0.29, 0.717) is 0 Å². The van der Waals surface area contributed by atoms with E-state index in [1.807, 2.05) is 48.5 Å². The zero-order valence-corrected chi connectivity index (χ0v) is 8.05. The SMILES string of the molecule is OC1Oc2ccccc2-c2ccccc21. The van der Waals surface area contributed by atoms with Crippen LogP contribution in [0.25, 0.3) is 11.1 Å². The molecule has 0 amide bonds. The summed E-state index contributed by atoms with van der Waals surface area (Å²) in [5.41, 5.74) is 2.92.